The minimum atomic E-state index is -0.401. The molecule has 1 aromatic heterocycles. The van der Waals surface area contributed by atoms with Gasteiger partial charge in [-0.05, 0) is 13.8 Å². The zero-order chi connectivity index (χ0) is 9.90. The lowest BCUT2D eigenvalue weighted by Gasteiger charge is -2.16. The molecule has 13 heavy (non-hydrogen) atoms. The number of rotatable bonds is 4. The predicted molar refractivity (Wildman–Crippen MR) is 53.7 cm³/mol. The van der Waals surface area contributed by atoms with Gasteiger partial charge in [0.1, 0.15) is 5.78 Å². The van der Waals surface area contributed by atoms with Crippen molar-refractivity contribution in [1.82, 2.24) is 4.98 Å². The average Bonchev–Trinajstić information content (AvgIpc) is 2.34. The molecule has 0 spiro atoms. The third-order valence-electron chi connectivity index (χ3n) is 1.51. The van der Waals surface area contributed by atoms with Gasteiger partial charge in [-0.15, -0.1) is 11.3 Å². The molecule has 0 bridgehead atoms. The second-order valence-corrected chi connectivity index (χ2v) is 4.82. The molecule has 0 saturated carbocycles. The maximum absolute atomic E-state index is 11.4. The lowest BCUT2D eigenvalue weighted by molar-refractivity contribution is -0.119. The summed E-state index contributed by atoms with van der Waals surface area (Å²) in [6.07, 6.45) is 2.61. The van der Waals surface area contributed by atoms with Crippen LogP contribution in [0.5, 0.6) is 0 Å². The van der Waals surface area contributed by atoms with Crippen LogP contribution in [0.15, 0.2) is 11.7 Å². The van der Waals surface area contributed by atoms with Gasteiger partial charge >= 0.3 is 0 Å². The number of Topliss-reactive ketones (excluding diaryl/α,β-unsaturated/α-hetero) is 1. The van der Waals surface area contributed by atoms with Crippen molar-refractivity contribution in [3.63, 3.8) is 0 Å². The summed E-state index contributed by atoms with van der Waals surface area (Å²) in [5.74, 6) is 0.178. The maximum atomic E-state index is 11.4. The van der Waals surface area contributed by atoms with Crippen molar-refractivity contribution in [3.05, 3.63) is 16.6 Å². The fourth-order valence-corrected chi connectivity index (χ4v) is 1.72. The first kappa shape index (κ1) is 10.3. The van der Waals surface area contributed by atoms with E-state index in [2.05, 4.69) is 4.98 Å². The highest BCUT2D eigenvalue weighted by molar-refractivity contribution is 7.09. The first-order valence-electron chi connectivity index (χ1n) is 4.15. The van der Waals surface area contributed by atoms with Crippen LogP contribution in [0.2, 0.25) is 0 Å². The molecule has 0 atom stereocenters. The summed E-state index contributed by atoms with van der Waals surface area (Å²) < 4.78 is 0. The molecule has 1 rings (SSSR count). The Morgan fingerprint density at radius 2 is 2.38 bits per heavy atom. The second-order valence-electron chi connectivity index (χ2n) is 3.85. The zero-order valence-corrected chi connectivity index (χ0v) is 8.73. The van der Waals surface area contributed by atoms with Gasteiger partial charge < -0.3 is 5.73 Å². The quantitative estimate of drug-likeness (QED) is 0.795. The number of aromatic nitrogens is 1. The van der Waals surface area contributed by atoms with E-state index in [1.165, 1.54) is 11.3 Å². The number of hydrogen-bond donors (Lipinski definition) is 1. The second kappa shape index (κ2) is 3.98. The highest BCUT2D eigenvalue weighted by Gasteiger charge is 2.16. The molecule has 0 saturated heterocycles. The molecule has 1 heterocycles. The first-order valence-corrected chi connectivity index (χ1v) is 5.03. The van der Waals surface area contributed by atoms with Gasteiger partial charge in [-0.2, -0.15) is 0 Å². The maximum Gasteiger partial charge on any atom is 0.139 e. The van der Waals surface area contributed by atoms with Crippen LogP contribution in [-0.4, -0.2) is 16.3 Å². The molecular weight excluding hydrogens is 184 g/mol. The molecule has 0 amide bonds. The Bertz CT molecular complexity index is 274. The third kappa shape index (κ3) is 4.15. The summed E-state index contributed by atoms with van der Waals surface area (Å²) in [4.78, 5) is 16.3. The minimum Gasteiger partial charge on any atom is -0.325 e. The molecule has 0 aliphatic heterocycles. The van der Waals surface area contributed by atoms with Gasteiger partial charge in [0.15, 0.2) is 0 Å². The SMILES string of the molecule is CC(C)(N)CC(=O)Cc1cncs1. The van der Waals surface area contributed by atoms with E-state index in [4.69, 9.17) is 5.73 Å². The monoisotopic (exact) mass is 198 g/mol. The van der Waals surface area contributed by atoms with Crippen molar-refractivity contribution in [3.8, 4) is 0 Å². The van der Waals surface area contributed by atoms with Gasteiger partial charge in [-0.1, -0.05) is 0 Å². The topological polar surface area (TPSA) is 56.0 Å². The van der Waals surface area contributed by atoms with Crippen LogP contribution in [0.25, 0.3) is 0 Å². The van der Waals surface area contributed by atoms with E-state index < -0.39 is 5.54 Å². The summed E-state index contributed by atoms with van der Waals surface area (Å²) in [6, 6.07) is 0. The van der Waals surface area contributed by atoms with E-state index in [9.17, 15) is 4.79 Å². The molecule has 1 aromatic rings. The molecule has 2 N–H and O–H groups in total. The molecule has 0 fully saturated rings. The fourth-order valence-electron chi connectivity index (χ4n) is 1.09. The minimum absolute atomic E-state index is 0.178. The van der Waals surface area contributed by atoms with Crippen molar-refractivity contribution in [1.29, 1.82) is 0 Å². The van der Waals surface area contributed by atoms with Crippen molar-refractivity contribution in [2.75, 3.05) is 0 Å². The van der Waals surface area contributed by atoms with Crippen molar-refractivity contribution < 1.29 is 4.79 Å². The standard InChI is InChI=1S/C9H14N2OS/c1-9(2,10)4-7(12)3-8-5-11-6-13-8/h5-6H,3-4,10H2,1-2H3. The number of hydrogen-bond acceptors (Lipinski definition) is 4. The number of nitrogens with two attached hydrogens (primary N) is 1. The molecule has 0 unspecified atom stereocenters. The van der Waals surface area contributed by atoms with Crippen molar-refractivity contribution >= 4 is 17.1 Å². The molecule has 0 aromatic carbocycles. The summed E-state index contributed by atoms with van der Waals surface area (Å²) in [5.41, 5.74) is 7.06. The Morgan fingerprint density at radius 3 is 2.85 bits per heavy atom. The van der Waals surface area contributed by atoms with Crippen LogP contribution in [0.1, 0.15) is 25.1 Å². The average molecular weight is 198 g/mol. The van der Waals surface area contributed by atoms with E-state index in [-0.39, 0.29) is 5.78 Å². The Hall–Kier alpha value is -0.740. The number of ketones is 1. The van der Waals surface area contributed by atoms with Crippen LogP contribution in [0.3, 0.4) is 0 Å². The highest BCUT2D eigenvalue weighted by Crippen LogP contribution is 2.11. The van der Waals surface area contributed by atoms with Crippen LogP contribution in [-0.2, 0) is 11.2 Å². The predicted octanol–water partition coefficient (Wildman–Crippen LogP) is 1.38. The van der Waals surface area contributed by atoms with E-state index in [1.54, 1.807) is 11.7 Å². The van der Waals surface area contributed by atoms with Crippen LogP contribution in [0.4, 0.5) is 0 Å². The number of nitrogens with zero attached hydrogens (tertiary/aromatic N) is 1. The van der Waals surface area contributed by atoms with Gasteiger partial charge in [0.25, 0.3) is 0 Å². The van der Waals surface area contributed by atoms with Gasteiger partial charge in [0.05, 0.1) is 5.51 Å². The number of carbonyl (C=O) groups is 1. The highest BCUT2D eigenvalue weighted by atomic mass is 32.1. The van der Waals surface area contributed by atoms with E-state index >= 15 is 0 Å². The van der Waals surface area contributed by atoms with Gasteiger partial charge in [-0.3, -0.25) is 9.78 Å². The Kier molecular flexibility index (Phi) is 3.17. The Labute approximate surface area is 82.0 Å². The van der Waals surface area contributed by atoms with E-state index in [0.717, 1.165) is 4.88 Å². The van der Waals surface area contributed by atoms with E-state index in [0.29, 0.717) is 12.8 Å². The van der Waals surface area contributed by atoms with Crippen molar-refractivity contribution in [2.45, 2.75) is 32.2 Å². The Balaban J connectivity index is 2.43. The van der Waals surface area contributed by atoms with E-state index in [1.807, 2.05) is 13.8 Å². The lowest BCUT2D eigenvalue weighted by atomic mass is 9.98. The molecule has 0 aliphatic rings. The molecule has 72 valence electrons. The van der Waals surface area contributed by atoms with Crippen molar-refractivity contribution in [2.24, 2.45) is 5.73 Å². The molecule has 3 nitrogen and oxygen atoms in total. The molecule has 4 heteroatoms. The number of carbonyl (C=O) groups excluding carboxylic acids is 1. The van der Waals surface area contributed by atoms with Gasteiger partial charge in [-0.25, -0.2) is 0 Å². The lowest BCUT2D eigenvalue weighted by Crippen LogP contribution is -2.35. The first-order chi connectivity index (χ1) is 5.97. The van der Waals surface area contributed by atoms with Crippen LogP contribution >= 0.6 is 11.3 Å². The molecule has 0 aliphatic carbocycles. The largest absolute Gasteiger partial charge is 0.325 e. The smallest absolute Gasteiger partial charge is 0.139 e. The molecule has 0 radical (unpaired) electrons. The summed E-state index contributed by atoms with van der Waals surface area (Å²) in [7, 11) is 0. The Morgan fingerprint density at radius 1 is 1.69 bits per heavy atom. The van der Waals surface area contributed by atoms with Gasteiger partial charge in [0.2, 0.25) is 0 Å². The zero-order valence-electron chi connectivity index (χ0n) is 7.91. The summed E-state index contributed by atoms with van der Waals surface area (Å²) in [6.45, 7) is 3.72. The normalized spacial score (nSPS) is 11.6. The summed E-state index contributed by atoms with van der Waals surface area (Å²) >= 11 is 1.50. The summed E-state index contributed by atoms with van der Waals surface area (Å²) in [5, 5.41) is 0. The van der Waals surface area contributed by atoms with Crippen LogP contribution in [0, 0.1) is 0 Å². The molecular formula is C9H14N2OS. The number of thiazole rings is 1. The van der Waals surface area contributed by atoms with Crippen LogP contribution < -0.4 is 5.73 Å². The third-order valence-corrected chi connectivity index (χ3v) is 2.29. The van der Waals surface area contributed by atoms with Gasteiger partial charge in [0, 0.05) is 29.5 Å². The fraction of sp³-hybridized carbons (Fsp3) is 0.556.